The predicted molar refractivity (Wildman–Crippen MR) is 95.7 cm³/mol. The molecular formula is C18H25N3O5. The fourth-order valence-electron chi connectivity index (χ4n) is 2.70. The van der Waals surface area contributed by atoms with Crippen LogP contribution in [0.15, 0.2) is 18.3 Å². The first-order chi connectivity index (χ1) is 12.5. The second kappa shape index (κ2) is 9.74. The van der Waals surface area contributed by atoms with Crippen molar-refractivity contribution in [3.05, 3.63) is 18.3 Å². The molecule has 0 saturated carbocycles. The first-order valence-electron chi connectivity index (χ1n) is 8.82. The summed E-state index contributed by atoms with van der Waals surface area (Å²) in [6.07, 6.45) is 4.85. The van der Waals surface area contributed by atoms with Crippen molar-refractivity contribution in [2.24, 2.45) is 5.92 Å². The van der Waals surface area contributed by atoms with Gasteiger partial charge in [0.1, 0.15) is 5.82 Å². The van der Waals surface area contributed by atoms with E-state index in [0.717, 1.165) is 38.6 Å². The Kier molecular flexibility index (Phi) is 7.37. The number of pyridine rings is 1. The van der Waals surface area contributed by atoms with Crippen molar-refractivity contribution in [2.45, 2.75) is 32.6 Å². The monoisotopic (exact) mass is 363 g/mol. The molecule has 1 amide bonds. The van der Waals surface area contributed by atoms with Crippen LogP contribution in [0.4, 0.5) is 11.5 Å². The molecule has 1 N–H and O–H groups in total. The number of amides is 1. The number of methoxy groups -OCH3 is 1. The third-order valence-corrected chi connectivity index (χ3v) is 4.27. The number of hydrogen-bond acceptors (Lipinski definition) is 7. The largest absolute Gasteiger partial charge is 0.465 e. The molecule has 26 heavy (non-hydrogen) atoms. The van der Waals surface area contributed by atoms with Crippen LogP contribution >= 0.6 is 0 Å². The number of carbonyl (C=O) groups is 3. The van der Waals surface area contributed by atoms with Crippen molar-refractivity contribution in [1.82, 2.24) is 4.98 Å². The van der Waals surface area contributed by atoms with E-state index in [4.69, 9.17) is 4.74 Å². The Balaban J connectivity index is 1.83. The molecule has 1 aliphatic rings. The maximum absolute atomic E-state index is 12.0. The number of carbonyl (C=O) groups excluding carboxylic acids is 3. The number of unbranched alkanes of at least 4 members (excludes halogenated alkanes) is 1. The zero-order valence-electron chi connectivity index (χ0n) is 15.2. The summed E-state index contributed by atoms with van der Waals surface area (Å²) in [5.41, 5.74) is 0.415. The highest BCUT2D eigenvalue weighted by Crippen LogP contribution is 2.23. The van der Waals surface area contributed by atoms with Gasteiger partial charge in [-0.25, -0.2) is 9.78 Å². The van der Waals surface area contributed by atoms with Crippen LogP contribution in [0, 0.1) is 5.92 Å². The summed E-state index contributed by atoms with van der Waals surface area (Å²) >= 11 is 0. The third kappa shape index (κ3) is 5.44. The van der Waals surface area contributed by atoms with Gasteiger partial charge in [0.05, 0.1) is 31.5 Å². The Hall–Kier alpha value is -2.64. The Morgan fingerprint density at radius 1 is 1.27 bits per heavy atom. The molecule has 8 nitrogen and oxygen atoms in total. The van der Waals surface area contributed by atoms with Crippen LogP contribution in [0.5, 0.6) is 0 Å². The van der Waals surface area contributed by atoms with Gasteiger partial charge in [-0.1, -0.05) is 13.3 Å². The third-order valence-electron chi connectivity index (χ3n) is 4.27. The Morgan fingerprint density at radius 2 is 2.00 bits per heavy atom. The fraction of sp³-hybridized carbons (Fsp3) is 0.556. The number of anilines is 2. The Bertz CT molecular complexity index is 624. The highest BCUT2D eigenvalue weighted by Gasteiger charge is 2.26. The molecule has 1 aromatic rings. The zero-order chi connectivity index (χ0) is 18.9. The SMILES string of the molecule is CCCCOC(=O)C1CCN(c2ccc(NC(=O)C(=O)OC)cn2)CC1. The van der Waals surface area contributed by atoms with Crippen LogP contribution in [-0.4, -0.2) is 49.6 Å². The average molecular weight is 363 g/mol. The van der Waals surface area contributed by atoms with Gasteiger partial charge in [0, 0.05) is 13.1 Å². The molecular weight excluding hydrogens is 338 g/mol. The van der Waals surface area contributed by atoms with Crippen LogP contribution in [0.2, 0.25) is 0 Å². The van der Waals surface area contributed by atoms with E-state index >= 15 is 0 Å². The molecule has 8 heteroatoms. The molecule has 0 bridgehead atoms. The van der Waals surface area contributed by atoms with E-state index in [1.807, 2.05) is 0 Å². The summed E-state index contributed by atoms with van der Waals surface area (Å²) in [5, 5.41) is 2.41. The van der Waals surface area contributed by atoms with Crippen LogP contribution < -0.4 is 10.2 Å². The highest BCUT2D eigenvalue weighted by atomic mass is 16.5. The van der Waals surface area contributed by atoms with E-state index in [0.29, 0.717) is 25.4 Å². The summed E-state index contributed by atoms with van der Waals surface area (Å²) in [6.45, 7) is 3.99. The Morgan fingerprint density at radius 3 is 2.58 bits per heavy atom. The minimum Gasteiger partial charge on any atom is -0.465 e. The van der Waals surface area contributed by atoms with Crippen LogP contribution in [-0.2, 0) is 23.9 Å². The zero-order valence-corrected chi connectivity index (χ0v) is 15.2. The quantitative estimate of drug-likeness (QED) is 0.467. The molecule has 0 aliphatic carbocycles. The van der Waals surface area contributed by atoms with Crippen molar-refractivity contribution in [3.63, 3.8) is 0 Å². The first-order valence-corrected chi connectivity index (χ1v) is 8.82. The molecule has 1 fully saturated rings. The molecule has 0 unspecified atom stereocenters. The number of piperidine rings is 1. The minimum absolute atomic E-state index is 0.0540. The normalized spacial score (nSPS) is 14.6. The molecule has 0 aromatic carbocycles. The number of rotatable bonds is 6. The van der Waals surface area contributed by atoms with E-state index in [1.165, 1.54) is 6.20 Å². The summed E-state index contributed by atoms with van der Waals surface area (Å²) in [5.74, 6) is -1.20. The molecule has 142 valence electrons. The molecule has 0 radical (unpaired) electrons. The van der Waals surface area contributed by atoms with E-state index in [-0.39, 0.29) is 11.9 Å². The van der Waals surface area contributed by atoms with Crippen LogP contribution in [0.1, 0.15) is 32.6 Å². The summed E-state index contributed by atoms with van der Waals surface area (Å²) in [6, 6.07) is 3.45. The maximum atomic E-state index is 12.0. The summed E-state index contributed by atoms with van der Waals surface area (Å²) in [7, 11) is 1.15. The number of aromatic nitrogens is 1. The van der Waals surface area contributed by atoms with Crippen molar-refractivity contribution >= 4 is 29.4 Å². The standard InChI is InChI=1S/C18H25N3O5/c1-3-4-11-26-17(23)13-7-9-21(10-8-13)15-6-5-14(12-19-15)20-16(22)18(24)25-2/h5-6,12-13H,3-4,7-11H2,1-2H3,(H,20,22). The van der Waals surface area contributed by atoms with Gasteiger partial charge in [0.25, 0.3) is 0 Å². The van der Waals surface area contributed by atoms with Gasteiger partial charge in [-0.05, 0) is 31.4 Å². The van der Waals surface area contributed by atoms with E-state index in [2.05, 4.69) is 26.9 Å². The van der Waals surface area contributed by atoms with E-state index in [1.54, 1.807) is 12.1 Å². The van der Waals surface area contributed by atoms with Gasteiger partial charge in [-0.3, -0.25) is 9.59 Å². The van der Waals surface area contributed by atoms with Gasteiger partial charge < -0.3 is 19.7 Å². The molecule has 1 aliphatic heterocycles. The first kappa shape index (κ1) is 19.7. The molecule has 0 spiro atoms. The van der Waals surface area contributed by atoms with Gasteiger partial charge >= 0.3 is 17.8 Å². The lowest BCUT2D eigenvalue weighted by molar-refractivity contribution is -0.150. The number of hydrogen-bond donors (Lipinski definition) is 1. The van der Waals surface area contributed by atoms with Gasteiger partial charge in [0.15, 0.2) is 0 Å². The van der Waals surface area contributed by atoms with Crippen molar-refractivity contribution in [1.29, 1.82) is 0 Å². The van der Waals surface area contributed by atoms with Crippen LogP contribution in [0.3, 0.4) is 0 Å². The molecule has 0 atom stereocenters. The van der Waals surface area contributed by atoms with E-state index in [9.17, 15) is 14.4 Å². The second-order valence-corrected chi connectivity index (χ2v) is 6.13. The Labute approximate surface area is 152 Å². The lowest BCUT2D eigenvalue weighted by Crippen LogP contribution is -2.37. The minimum atomic E-state index is -0.957. The number of nitrogens with one attached hydrogen (secondary N) is 1. The fourth-order valence-corrected chi connectivity index (χ4v) is 2.70. The molecule has 1 aromatic heterocycles. The van der Waals surface area contributed by atoms with Gasteiger partial charge in [0.2, 0.25) is 0 Å². The topological polar surface area (TPSA) is 97.8 Å². The predicted octanol–water partition coefficient (Wildman–Crippen LogP) is 1.75. The summed E-state index contributed by atoms with van der Waals surface area (Å²) < 4.78 is 9.64. The smallest absolute Gasteiger partial charge is 0.396 e. The molecule has 2 heterocycles. The lowest BCUT2D eigenvalue weighted by atomic mass is 9.97. The van der Waals surface area contributed by atoms with Gasteiger partial charge in [-0.2, -0.15) is 0 Å². The van der Waals surface area contributed by atoms with Crippen molar-refractivity contribution < 1.29 is 23.9 Å². The number of ether oxygens (including phenoxy) is 2. The van der Waals surface area contributed by atoms with Crippen LogP contribution in [0.25, 0.3) is 0 Å². The molecule has 2 rings (SSSR count). The van der Waals surface area contributed by atoms with Crippen molar-refractivity contribution in [3.8, 4) is 0 Å². The average Bonchev–Trinajstić information content (AvgIpc) is 2.68. The maximum Gasteiger partial charge on any atom is 0.396 e. The van der Waals surface area contributed by atoms with Gasteiger partial charge in [-0.15, -0.1) is 0 Å². The molecule has 1 saturated heterocycles. The lowest BCUT2D eigenvalue weighted by Gasteiger charge is -2.31. The van der Waals surface area contributed by atoms with E-state index < -0.39 is 11.9 Å². The summed E-state index contributed by atoms with van der Waals surface area (Å²) in [4.78, 5) is 41.0. The highest BCUT2D eigenvalue weighted by molar-refractivity contribution is 6.37. The number of esters is 2. The van der Waals surface area contributed by atoms with Crippen molar-refractivity contribution in [2.75, 3.05) is 37.0 Å². The second-order valence-electron chi connectivity index (χ2n) is 6.13. The number of nitrogens with zero attached hydrogens (tertiary/aromatic N) is 2.